The summed E-state index contributed by atoms with van der Waals surface area (Å²) in [6.07, 6.45) is 13.0. The SMILES string of the molecule is C=C/C=C/CC(O)C/C=C/C=C/C(C)=O. The Labute approximate surface area is 91.3 Å². The summed E-state index contributed by atoms with van der Waals surface area (Å²) in [5.41, 5.74) is 0. The number of hydrogen-bond donors (Lipinski definition) is 1. The fourth-order valence-corrected chi connectivity index (χ4v) is 0.933. The Balaban J connectivity index is 3.70. The number of carbonyl (C=O) groups is 1. The van der Waals surface area contributed by atoms with Crippen LogP contribution < -0.4 is 0 Å². The molecule has 0 spiro atoms. The minimum Gasteiger partial charge on any atom is -0.392 e. The van der Waals surface area contributed by atoms with Crippen molar-refractivity contribution in [3.05, 3.63) is 49.1 Å². The molecule has 0 amide bonds. The predicted octanol–water partition coefficient (Wildman–Crippen LogP) is 2.57. The van der Waals surface area contributed by atoms with E-state index in [4.69, 9.17) is 0 Å². The first kappa shape index (κ1) is 13.6. The van der Waals surface area contributed by atoms with Gasteiger partial charge in [0.2, 0.25) is 0 Å². The van der Waals surface area contributed by atoms with Crippen molar-refractivity contribution in [2.45, 2.75) is 25.9 Å². The number of ketones is 1. The third-order valence-electron chi connectivity index (χ3n) is 1.67. The van der Waals surface area contributed by atoms with Crippen molar-refractivity contribution in [1.82, 2.24) is 0 Å². The van der Waals surface area contributed by atoms with Crippen LogP contribution in [0.1, 0.15) is 19.8 Å². The summed E-state index contributed by atoms with van der Waals surface area (Å²) in [5.74, 6) is 0.0223. The van der Waals surface area contributed by atoms with Crippen molar-refractivity contribution < 1.29 is 9.90 Å². The van der Waals surface area contributed by atoms with Crippen molar-refractivity contribution in [2.24, 2.45) is 0 Å². The summed E-state index contributed by atoms with van der Waals surface area (Å²) in [6, 6.07) is 0. The van der Waals surface area contributed by atoms with Crippen LogP contribution in [0.2, 0.25) is 0 Å². The molecule has 2 nitrogen and oxygen atoms in total. The second-order valence-corrected chi connectivity index (χ2v) is 3.19. The molecular formula is C13H18O2. The molecule has 0 aromatic rings. The van der Waals surface area contributed by atoms with Gasteiger partial charge in [-0.2, -0.15) is 0 Å². The third-order valence-corrected chi connectivity index (χ3v) is 1.67. The monoisotopic (exact) mass is 206 g/mol. The highest BCUT2D eigenvalue weighted by Crippen LogP contribution is 2.00. The van der Waals surface area contributed by atoms with E-state index < -0.39 is 0 Å². The van der Waals surface area contributed by atoms with Crippen molar-refractivity contribution in [3.63, 3.8) is 0 Å². The molecule has 0 fully saturated rings. The van der Waals surface area contributed by atoms with Gasteiger partial charge in [0.15, 0.2) is 5.78 Å². The van der Waals surface area contributed by atoms with Gasteiger partial charge in [0.1, 0.15) is 0 Å². The van der Waals surface area contributed by atoms with Gasteiger partial charge >= 0.3 is 0 Å². The molecule has 1 atom stereocenters. The maximum absolute atomic E-state index is 10.5. The molecule has 1 unspecified atom stereocenters. The van der Waals surface area contributed by atoms with E-state index in [9.17, 15) is 9.90 Å². The number of rotatable bonds is 7. The van der Waals surface area contributed by atoms with Gasteiger partial charge in [-0.1, -0.05) is 43.0 Å². The van der Waals surface area contributed by atoms with Crippen LogP contribution in [0.3, 0.4) is 0 Å². The maximum Gasteiger partial charge on any atom is 0.152 e. The Morgan fingerprint density at radius 1 is 1.27 bits per heavy atom. The summed E-state index contributed by atoms with van der Waals surface area (Å²) < 4.78 is 0. The first-order chi connectivity index (χ1) is 7.16. The summed E-state index contributed by atoms with van der Waals surface area (Å²) >= 11 is 0. The first-order valence-corrected chi connectivity index (χ1v) is 4.96. The lowest BCUT2D eigenvalue weighted by molar-refractivity contribution is -0.112. The molecule has 0 bridgehead atoms. The van der Waals surface area contributed by atoms with E-state index in [1.165, 1.54) is 13.0 Å². The number of aliphatic hydroxyl groups is 1. The van der Waals surface area contributed by atoms with Crippen LogP contribution in [0.25, 0.3) is 0 Å². The molecule has 0 aliphatic heterocycles. The molecule has 0 aliphatic rings. The molecule has 0 rings (SSSR count). The van der Waals surface area contributed by atoms with Gasteiger partial charge in [-0.25, -0.2) is 0 Å². The average Bonchev–Trinajstić information content (AvgIpc) is 2.17. The molecule has 2 heteroatoms. The Kier molecular flexibility index (Phi) is 8.30. The summed E-state index contributed by atoms with van der Waals surface area (Å²) in [6.45, 7) is 5.04. The average molecular weight is 206 g/mol. The van der Waals surface area contributed by atoms with E-state index in [1.54, 1.807) is 18.2 Å². The Morgan fingerprint density at radius 2 is 1.87 bits per heavy atom. The smallest absolute Gasteiger partial charge is 0.152 e. The van der Waals surface area contributed by atoms with Crippen LogP contribution in [0.4, 0.5) is 0 Å². The fraction of sp³-hybridized carbons (Fsp3) is 0.308. The van der Waals surface area contributed by atoms with E-state index in [0.29, 0.717) is 12.8 Å². The Hall–Kier alpha value is -1.41. The number of allylic oxidation sites excluding steroid dienone is 5. The largest absolute Gasteiger partial charge is 0.392 e. The van der Waals surface area contributed by atoms with E-state index in [-0.39, 0.29) is 11.9 Å². The number of aliphatic hydroxyl groups excluding tert-OH is 1. The van der Waals surface area contributed by atoms with Crippen LogP contribution >= 0.6 is 0 Å². The van der Waals surface area contributed by atoms with Gasteiger partial charge in [0, 0.05) is 0 Å². The highest BCUT2D eigenvalue weighted by atomic mass is 16.3. The van der Waals surface area contributed by atoms with E-state index in [0.717, 1.165) is 0 Å². The van der Waals surface area contributed by atoms with Crippen LogP contribution in [0.15, 0.2) is 49.1 Å². The summed E-state index contributed by atoms with van der Waals surface area (Å²) in [4.78, 5) is 10.5. The minimum atomic E-state index is -0.372. The van der Waals surface area contributed by atoms with Crippen molar-refractivity contribution in [1.29, 1.82) is 0 Å². The predicted molar refractivity (Wildman–Crippen MR) is 63.5 cm³/mol. The van der Waals surface area contributed by atoms with Gasteiger partial charge in [0.05, 0.1) is 6.10 Å². The van der Waals surface area contributed by atoms with Gasteiger partial charge in [-0.05, 0) is 25.8 Å². The van der Waals surface area contributed by atoms with E-state index >= 15 is 0 Å². The summed E-state index contributed by atoms with van der Waals surface area (Å²) in [5, 5.41) is 9.46. The quantitative estimate of drug-likeness (QED) is 0.513. The third kappa shape index (κ3) is 10.5. The van der Waals surface area contributed by atoms with E-state index in [2.05, 4.69) is 6.58 Å². The van der Waals surface area contributed by atoms with Crippen LogP contribution in [-0.2, 0) is 4.79 Å². The molecule has 15 heavy (non-hydrogen) atoms. The molecule has 82 valence electrons. The van der Waals surface area contributed by atoms with Crippen molar-refractivity contribution in [2.75, 3.05) is 0 Å². The Bertz CT molecular complexity index is 272. The zero-order chi connectivity index (χ0) is 11.5. The van der Waals surface area contributed by atoms with Gasteiger partial charge < -0.3 is 5.11 Å². The fourth-order valence-electron chi connectivity index (χ4n) is 0.933. The molecule has 0 radical (unpaired) electrons. The second-order valence-electron chi connectivity index (χ2n) is 3.19. The highest BCUT2D eigenvalue weighted by Gasteiger charge is 1.96. The lowest BCUT2D eigenvalue weighted by atomic mass is 10.1. The molecule has 0 aromatic heterocycles. The molecular weight excluding hydrogens is 188 g/mol. The van der Waals surface area contributed by atoms with E-state index in [1.807, 2.05) is 18.2 Å². The van der Waals surface area contributed by atoms with Crippen LogP contribution in [-0.4, -0.2) is 17.0 Å². The molecule has 0 saturated heterocycles. The normalized spacial score (nSPS) is 14.0. The first-order valence-electron chi connectivity index (χ1n) is 4.96. The van der Waals surface area contributed by atoms with Crippen LogP contribution in [0.5, 0.6) is 0 Å². The topological polar surface area (TPSA) is 37.3 Å². The zero-order valence-corrected chi connectivity index (χ0v) is 9.10. The van der Waals surface area contributed by atoms with Crippen molar-refractivity contribution >= 4 is 5.78 Å². The zero-order valence-electron chi connectivity index (χ0n) is 9.10. The van der Waals surface area contributed by atoms with Crippen molar-refractivity contribution in [3.8, 4) is 0 Å². The van der Waals surface area contributed by atoms with Gasteiger partial charge in [-0.3, -0.25) is 4.79 Å². The van der Waals surface area contributed by atoms with Gasteiger partial charge in [-0.15, -0.1) is 0 Å². The molecule has 0 aromatic carbocycles. The number of carbonyl (C=O) groups excluding carboxylic acids is 1. The lowest BCUT2D eigenvalue weighted by Crippen LogP contribution is -2.02. The van der Waals surface area contributed by atoms with Gasteiger partial charge in [0.25, 0.3) is 0 Å². The lowest BCUT2D eigenvalue weighted by Gasteiger charge is -2.02. The standard InChI is InChI=1S/C13H18O2/c1-3-4-6-10-13(15)11-8-5-7-9-12(2)14/h3-9,13,15H,1,10-11H2,2H3/b6-4+,8-5+,9-7+. The summed E-state index contributed by atoms with van der Waals surface area (Å²) in [7, 11) is 0. The minimum absolute atomic E-state index is 0.0223. The molecule has 0 heterocycles. The highest BCUT2D eigenvalue weighted by molar-refractivity contribution is 5.87. The Morgan fingerprint density at radius 3 is 2.40 bits per heavy atom. The number of hydrogen-bond acceptors (Lipinski definition) is 2. The van der Waals surface area contributed by atoms with Crippen LogP contribution in [0, 0.1) is 0 Å². The molecule has 0 aliphatic carbocycles. The molecule has 1 N–H and O–H groups in total. The molecule has 0 saturated carbocycles. The maximum atomic E-state index is 10.5. The second kappa shape index (κ2) is 9.16.